The summed E-state index contributed by atoms with van der Waals surface area (Å²) in [6.45, 7) is 2.37. The SMILES string of the molecule is COC(=O)c1cccc(Nc2cc(C(=O)N3CCc4ccccc43)nc(C)n2)c1. The fraction of sp³-hybridized carbons (Fsp3) is 0.182. The van der Waals surface area contributed by atoms with Crippen molar-refractivity contribution in [2.24, 2.45) is 0 Å². The van der Waals surface area contributed by atoms with Crippen molar-refractivity contribution in [1.82, 2.24) is 9.97 Å². The van der Waals surface area contributed by atoms with Crippen molar-refractivity contribution in [2.45, 2.75) is 13.3 Å². The number of methoxy groups -OCH3 is 1. The third kappa shape index (κ3) is 3.80. The molecule has 4 rings (SSSR count). The molecule has 1 amide bonds. The summed E-state index contributed by atoms with van der Waals surface area (Å²) in [5.41, 5.74) is 3.49. The number of para-hydroxylation sites is 1. The fourth-order valence-corrected chi connectivity index (χ4v) is 3.42. The van der Waals surface area contributed by atoms with Gasteiger partial charge in [0.25, 0.3) is 5.91 Å². The molecule has 29 heavy (non-hydrogen) atoms. The number of aromatic nitrogens is 2. The molecule has 1 N–H and O–H groups in total. The van der Waals surface area contributed by atoms with Crippen LogP contribution in [0.1, 0.15) is 32.2 Å². The quantitative estimate of drug-likeness (QED) is 0.689. The Hall–Kier alpha value is -3.74. The minimum Gasteiger partial charge on any atom is -0.465 e. The Bertz CT molecular complexity index is 1100. The highest BCUT2D eigenvalue weighted by atomic mass is 16.5. The van der Waals surface area contributed by atoms with Gasteiger partial charge >= 0.3 is 5.97 Å². The highest BCUT2D eigenvalue weighted by Gasteiger charge is 2.26. The molecule has 7 heteroatoms. The van der Waals surface area contributed by atoms with Crippen LogP contribution in [0.5, 0.6) is 0 Å². The molecular formula is C22H20N4O3. The van der Waals surface area contributed by atoms with Crippen LogP contribution in [-0.4, -0.2) is 35.5 Å². The number of hydrogen-bond donors (Lipinski definition) is 1. The van der Waals surface area contributed by atoms with Crippen LogP contribution in [0.4, 0.5) is 17.2 Å². The molecule has 0 bridgehead atoms. The molecule has 3 aromatic rings. The molecule has 0 atom stereocenters. The van der Waals surface area contributed by atoms with E-state index in [1.165, 1.54) is 7.11 Å². The van der Waals surface area contributed by atoms with Gasteiger partial charge in [-0.15, -0.1) is 0 Å². The van der Waals surface area contributed by atoms with Crippen LogP contribution in [0.15, 0.2) is 54.6 Å². The maximum absolute atomic E-state index is 13.1. The third-order valence-corrected chi connectivity index (χ3v) is 4.75. The number of fused-ring (bicyclic) bond motifs is 1. The number of rotatable bonds is 4. The summed E-state index contributed by atoms with van der Waals surface area (Å²) >= 11 is 0. The first-order valence-electron chi connectivity index (χ1n) is 9.26. The van der Waals surface area contributed by atoms with Crippen LogP contribution in [0.3, 0.4) is 0 Å². The van der Waals surface area contributed by atoms with Gasteiger partial charge in [0.1, 0.15) is 17.3 Å². The van der Waals surface area contributed by atoms with Gasteiger partial charge in [-0.25, -0.2) is 14.8 Å². The monoisotopic (exact) mass is 388 g/mol. The summed E-state index contributed by atoms with van der Waals surface area (Å²) in [5, 5.41) is 3.14. The minimum absolute atomic E-state index is 0.160. The third-order valence-electron chi connectivity index (χ3n) is 4.75. The van der Waals surface area contributed by atoms with E-state index in [2.05, 4.69) is 15.3 Å². The standard InChI is InChI=1S/C22H20N4O3/c1-14-23-18(21(27)26-11-10-15-6-3-4-9-19(15)26)13-20(24-14)25-17-8-5-7-16(12-17)22(28)29-2/h3-9,12-13H,10-11H2,1-2H3,(H,23,24,25). The molecule has 1 aliphatic rings. The number of nitrogens with zero attached hydrogens (tertiary/aromatic N) is 3. The van der Waals surface area contributed by atoms with E-state index in [1.807, 2.05) is 30.3 Å². The van der Waals surface area contributed by atoms with E-state index in [1.54, 1.807) is 36.1 Å². The van der Waals surface area contributed by atoms with Gasteiger partial charge in [0, 0.05) is 24.0 Å². The van der Waals surface area contributed by atoms with Crippen molar-refractivity contribution >= 4 is 29.1 Å². The summed E-state index contributed by atoms with van der Waals surface area (Å²) in [5.74, 6) is 0.383. The van der Waals surface area contributed by atoms with Gasteiger partial charge in [-0.3, -0.25) is 4.79 Å². The number of hydrogen-bond acceptors (Lipinski definition) is 6. The first kappa shape index (κ1) is 18.6. The number of esters is 1. The Morgan fingerprint density at radius 1 is 1.07 bits per heavy atom. The Morgan fingerprint density at radius 2 is 1.90 bits per heavy atom. The highest BCUT2D eigenvalue weighted by molar-refractivity contribution is 6.06. The fourth-order valence-electron chi connectivity index (χ4n) is 3.42. The zero-order valence-corrected chi connectivity index (χ0v) is 16.2. The number of aryl methyl sites for hydroxylation is 1. The number of benzene rings is 2. The predicted octanol–water partition coefficient (Wildman–Crippen LogP) is 3.52. The Balaban J connectivity index is 1.60. The summed E-state index contributed by atoms with van der Waals surface area (Å²) in [6.07, 6.45) is 0.831. The largest absolute Gasteiger partial charge is 0.465 e. The number of carbonyl (C=O) groups excluding carboxylic acids is 2. The first-order chi connectivity index (χ1) is 14.0. The second kappa shape index (κ2) is 7.71. The number of amides is 1. The van der Waals surface area contributed by atoms with Crippen LogP contribution < -0.4 is 10.2 Å². The molecule has 0 aliphatic carbocycles. The van der Waals surface area contributed by atoms with Crippen molar-refractivity contribution in [2.75, 3.05) is 23.9 Å². The lowest BCUT2D eigenvalue weighted by Crippen LogP contribution is -2.30. The summed E-state index contributed by atoms with van der Waals surface area (Å²) in [6, 6.07) is 16.4. The molecular weight excluding hydrogens is 368 g/mol. The van der Waals surface area contributed by atoms with Crippen molar-refractivity contribution in [3.8, 4) is 0 Å². The lowest BCUT2D eigenvalue weighted by molar-refractivity contribution is 0.0600. The number of nitrogens with one attached hydrogen (secondary N) is 1. The molecule has 0 radical (unpaired) electrons. The van der Waals surface area contributed by atoms with Gasteiger partial charge in [0.15, 0.2) is 0 Å². The molecule has 0 saturated carbocycles. The van der Waals surface area contributed by atoms with E-state index in [-0.39, 0.29) is 5.91 Å². The first-order valence-corrected chi connectivity index (χ1v) is 9.26. The highest BCUT2D eigenvalue weighted by Crippen LogP contribution is 2.29. The number of ether oxygens (including phenoxy) is 1. The lowest BCUT2D eigenvalue weighted by atomic mass is 10.2. The molecule has 2 heterocycles. The van der Waals surface area contributed by atoms with E-state index in [0.29, 0.717) is 35.1 Å². The van der Waals surface area contributed by atoms with Crippen LogP contribution >= 0.6 is 0 Å². The van der Waals surface area contributed by atoms with Gasteiger partial charge in [0.2, 0.25) is 0 Å². The van der Waals surface area contributed by atoms with Gasteiger partial charge in [-0.1, -0.05) is 24.3 Å². The summed E-state index contributed by atoms with van der Waals surface area (Å²) in [7, 11) is 1.34. The molecule has 7 nitrogen and oxygen atoms in total. The van der Waals surface area contributed by atoms with Crippen LogP contribution in [0, 0.1) is 6.92 Å². The van der Waals surface area contributed by atoms with Gasteiger partial charge in [0.05, 0.1) is 12.7 Å². The average Bonchev–Trinajstić information content (AvgIpc) is 3.16. The number of carbonyl (C=O) groups is 2. The second-order valence-electron chi connectivity index (χ2n) is 6.72. The molecule has 146 valence electrons. The van der Waals surface area contributed by atoms with Crippen LogP contribution in [0.2, 0.25) is 0 Å². The van der Waals surface area contributed by atoms with E-state index in [0.717, 1.165) is 17.7 Å². The Morgan fingerprint density at radius 3 is 2.72 bits per heavy atom. The van der Waals surface area contributed by atoms with Crippen LogP contribution in [-0.2, 0) is 11.2 Å². The van der Waals surface area contributed by atoms with Crippen molar-refractivity contribution in [1.29, 1.82) is 0 Å². The predicted molar refractivity (Wildman–Crippen MR) is 110 cm³/mol. The second-order valence-corrected chi connectivity index (χ2v) is 6.72. The molecule has 0 spiro atoms. The van der Waals surface area contributed by atoms with E-state index in [9.17, 15) is 9.59 Å². The average molecular weight is 388 g/mol. The molecule has 0 saturated heterocycles. The molecule has 0 fully saturated rings. The maximum Gasteiger partial charge on any atom is 0.337 e. The van der Waals surface area contributed by atoms with Gasteiger partial charge < -0.3 is 15.0 Å². The zero-order chi connectivity index (χ0) is 20.4. The topological polar surface area (TPSA) is 84.4 Å². The Labute approximate surface area is 168 Å². The Kier molecular flexibility index (Phi) is 4.95. The van der Waals surface area contributed by atoms with E-state index >= 15 is 0 Å². The normalized spacial score (nSPS) is 12.4. The molecule has 2 aromatic carbocycles. The number of anilines is 3. The zero-order valence-electron chi connectivity index (χ0n) is 16.2. The smallest absolute Gasteiger partial charge is 0.337 e. The van der Waals surface area contributed by atoms with Crippen LogP contribution in [0.25, 0.3) is 0 Å². The lowest BCUT2D eigenvalue weighted by Gasteiger charge is -2.17. The van der Waals surface area contributed by atoms with E-state index < -0.39 is 5.97 Å². The minimum atomic E-state index is -0.420. The molecule has 0 unspecified atom stereocenters. The van der Waals surface area contributed by atoms with Crippen molar-refractivity contribution < 1.29 is 14.3 Å². The van der Waals surface area contributed by atoms with Gasteiger partial charge in [-0.05, 0) is 43.2 Å². The molecule has 1 aromatic heterocycles. The van der Waals surface area contributed by atoms with Crippen molar-refractivity contribution in [3.05, 3.63) is 77.2 Å². The van der Waals surface area contributed by atoms with Gasteiger partial charge in [-0.2, -0.15) is 0 Å². The van der Waals surface area contributed by atoms with E-state index in [4.69, 9.17) is 4.74 Å². The van der Waals surface area contributed by atoms with Crippen molar-refractivity contribution in [3.63, 3.8) is 0 Å². The maximum atomic E-state index is 13.1. The summed E-state index contributed by atoms with van der Waals surface area (Å²) < 4.78 is 4.75. The molecule has 1 aliphatic heterocycles. The summed E-state index contributed by atoms with van der Waals surface area (Å²) in [4.78, 5) is 35.3.